The van der Waals surface area contributed by atoms with E-state index in [4.69, 9.17) is 11.6 Å². The molecule has 0 aliphatic carbocycles. The van der Waals surface area contributed by atoms with E-state index in [1.165, 1.54) is 6.07 Å². The molecule has 0 spiro atoms. The summed E-state index contributed by atoms with van der Waals surface area (Å²) >= 11 is 6.07. The molecule has 1 atom stereocenters. The molecule has 0 saturated carbocycles. The molecule has 0 saturated heterocycles. The highest BCUT2D eigenvalue weighted by Gasteiger charge is 2.17. The molecule has 1 unspecified atom stereocenters. The van der Waals surface area contributed by atoms with Crippen molar-refractivity contribution < 1.29 is 4.39 Å². The van der Waals surface area contributed by atoms with Crippen molar-refractivity contribution in [2.45, 2.75) is 33.4 Å². The molecule has 0 amide bonds. The molecule has 0 radical (unpaired) electrons. The lowest BCUT2D eigenvalue weighted by molar-refractivity contribution is 0.577. The van der Waals surface area contributed by atoms with E-state index < -0.39 is 0 Å². The maximum absolute atomic E-state index is 13.9. The lowest BCUT2D eigenvalue weighted by Crippen LogP contribution is -2.14. The second-order valence-corrected chi connectivity index (χ2v) is 5.36. The van der Waals surface area contributed by atoms with Crippen LogP contribution in [0, 0.1) is 19.7 Å². The fraction of sp³-hybridized carbons (Fsp3) is 0.400. The molecule has 0 fully saturated rings. The van der Waals surface area contributed by atoms with E-state index in [0.717, 1.165) is 17.0 Å². The predicted molar refractivity (Wildman–Crippen MR) is 79.7 cm³/mol. The Kier molecular flexibility index (Phi) is 4.45. The highest BCUT2D eigenvalue weighted by atomic mass is 35.5. The van der Waals surface area contributed by atoms with Gasteiger partial charge in [0.1, 0.15) is 5.82 Å². The monoisotopic (exact) mass is 295 g/mol. The number of rotatable bonds is 4. The number of benzene rings is 1. The third-order valence-electron chi connectivity index (χ3n) is 3.67. The molecule has 2 aromatic rings. The average molecular weight is 296 g/mol. The minimum Gasteiger partial charge on any atom is -0.313 e. The fourth-order valence-corrected chi connectivity index (χ4v) is 2.69. The highest BCUT2D eigenvalue weighted by molar-refractivity contribution is 6.31. The summed E-state index contributed by atoms with van der Waals surface area (Å²) in [5, 5.41) is 8.15. The Hall–Kier alpha value is -1.39. The quantitative estimate of drug-likeness (QED) is 0.933. The van der Waals surface area contributed by atoms with Crippen LogP contribution in [-0.4, -0.2) is 16.8 Å². The fourth-order valence-electron chi connectivity index (χ4n) is 2.47. The highest BCUT2D eigenvalue weighted by Crippen LogP contribution is 2.24. The lowest BCUT2D eigenvalue weighted by Gasteiger charge is -2.12. The van der Waals surface area contributed by atoms with E-state index in [1.807, 2.05) is 25.6 Å². The molecule has 1 heterocycles. The van der Waals surface area contributed by atoms with Crippen LogP contribution in [-0.2, 0) is 6.54 Å². The Morgan fingerprint density at radius 2 is 2.10 bits per heavy atom. The summed E-state index contributed by atoms with van der Waals surface area (Å²) in [6.45, 7) is 6.39. The molecular formula is C15H19ClFN3. The normalized spacial score (nSPS) is 12.7. The van der Waals surface area contributed by atoms with E-state index >= 15 is 0 Å². The molecule has 0 bridgehead atoms. The van der Waals surface area contributed by atoms with Crippen molar-refractivity contribution >= 4 is 11.6 Å². The van der Waals surface area contributed by atoms with Crippen molar-refractivity contribution in [3.05, 3.63) is 51.6 Å². The van der Waals surface area contributed by atoms with Crippen LogP contribution in [0.25, 0.3) is 0 Å². The second kappa shape index (κ2) is 5.94. The van der Waals surface area contributed by atoms with Crippen molar-refractivity contribution in [2.75, 3.05) is 7.05 Å². The Balaban J connectivity index is 2.40. The number of nitrogens with one attached hydrogen (secondary N) is 1. The van der Waals surface area contributed by atoms with E-state index in [1.54, 1.807) is 12.1 Å². The van der Waals surface area contributed by atoms with Gasteiger partial charge in [0.05, 0.1) is 12.2 Å². The smallest absolute Gasteiger partial charge is 0.129 e. The van der Waals surface area contributed by atoms with Crippen LogP contribution in [0.2, 0.25) is 5.02 Å². The first kappa shape index (κ1) is 15.0. The maximum atomic E-state index is 13.9. The predicted octanol–water partition coefficient (Wildman–Crippen LogP) is 3.62. The first-order valence-electron chi connectivity index (χ1n) is 6.59. The van der Waals surface area contributed by atoms with Gasteiger partial charge in [0.25, 0.3) is 0 Å². The lowest BCUT2D eigenvalue weighted by atomic mass is 10.1. The molecule has 3 nitrogen and oxygen atoms in total. The van der Waals surface area contributed by atoms with Crippen LogP contribution < -0.4 is 5.32 Å². The standard InChI is InChI=1S/C15H19ClFN3/c1-9(18-4)15-10(2)19-20(11(15)3)8-12-13(16)6-5-7-14(12)17/h5-7,9,18H,8H2,1-4H3. The van der Waals surface area contributed by atoms with Crippen molar-refractivity contribution in [2.24, 2.45) is 0 Å². The van der Waals surface area contributed by atoms with E-state index in [0.29, 0.717) is 17.1 Å². The van der Waals surface area contributed by atoms with Crippen LogP contribution >= 0.6 is 11.6 Å². The molecule has 5 heteroatoms. The molecular weight excluding hydrogens is 277 g/mol. The Bertz CT molecular complexity index is 602. The van der Waals surface area contributed by atoms with Crippen molar-refractivity contribution in [1.82, 2.24) is 15.1 Å². The molecule has 2 rings (SSSR count). The van der Waals surface area contributed by atoms with Crippen molar-refractivity contribution in [3.8, 4) is 0 Å². The van der Waals surface area contributed by atoms with Crippen LogP contribution in [0.5, 0.6) is 0 Å². The van der Waals surface area contributed by atoms with Crippen LogP contribution in [0.3, 0.4) is 0 Å². The topological polar surface area (TPSA) is 29.9 Å². The molecule has 0 aliphatic rings. The Labute approximate surface area is 123 Å². The third kappa shape index (κ3) is 2.72. The largest absolute Gasteiger partial charge is 0.313 e. The van der Waals surface area contributed by atoms with Gasteiger partial charge in [-0.2, -0.15) is 5.10 Å². The van der Waals surface area contributed by atoms with Gasteiger partial charge >= 0.3 is 0 Å². The first-order chi connectivity index (χ1) is 9.45. The summed E-state index contributed by atoms with van der Waals surface area (Å²) in [5.41, 5.74) is 3.61. The number of halogens is 2. The molecule has 108 valence electrons. The van der Waals surface area contributed by atoms with Gasteiger partial charge in [-0.25, -0.2) is 4.39 Å². The maximum Gasteiger partial charge on any atom is 0.129 e. The van der Waals surface area contributed by atoms with Gasteiger partial charge in [-0.3, -0.25) is 4.68 Å². The minimum atomic E-state index is -0.298. The molecule has 1 N–H and O–H groups in total. The van der Waals surface area contributed by atoms with Gasteiger partial charge in [0.15, 0.2) is 0 Å². The summed E-state index contributed by atoms with van der Waals surface area (Å²) in [4.78, 5) is 0. The summed E-state index contributed by atoms with van der Waals surface area (Å²) in [5.74, 6) is -0.298. The molecule has 1 aromatic heterocycles. The molecule has 0 aliphatic heterocycles. The third-order valence-corrected chi connectivity index (χ3v) is 4.03. The number of aromatic nitrogens is 2. The summed E-state index contributed by atoms with van der Waals surface area (Å²) in [6.07, 6.45) is 0. The Morgan fingerprint density at radius 1 is 1.40 bits per heavy atom. The zero-order valence-electron chi connectivity index (χ0n) is 12.2. The van der Waals surface area contributed by atoms with Gasteiger partial charge in [-0.15, -0.1) is 0 Å². The van der Waals surface area contributed by atoms with E-state index in [2.05, 4.69) is 17.3 Å². The van der Waals surface area contributed by atoms with Crippen LogP contribution in [0.15, 0.2) is 18.2 Å². The summed E-state index contributed by atoms with van der Waals surface area (Å²) in [6, 6.07) is 4.93. The van der Waals surface area contributed by atoms with Crippen molar-refractivity contribution in [1.29, 1.82) is 0 Å². The second-order valence-electron chi connectivity index (χ2n) is 4.95. The van der Waals surface area contributed by atoms with Gasteiger partial charge in [-0.05, 0) is 40.0 Å². The van der Waals surface area contributed by atoms with Gasteiger partial charge in [0, 0.05) is 27.9 Å². The molecule has 20 heavy (non-hydrogen) atoms. The first-order valence-corrected chi connectivity index (χ1v) is 6.97. The average Bonchev–Trinajstić information content (AvgIpc) is 2.68. The number of hydrogen-bond donors (Lipinski definition) is 1. The van der Waals surface area contributed by atoms with Gasteiger partial charge in [0.2, 0.25) is 0 Å². The van der Waals surface area contributed by atoms with Crippen molar-refractivity contribution in [3.63, 3.8) is 0 Å². The minimum absolute atomic E-state index is 0.208. The van der Waals surface area contributed by atoms with Gasteiger partial charge < -0.3 is 5.32 Å². The number of nitrogens with zero attached hydrogens (tertiary/aromatic N) is 2. The summed E-state index contributed by atoms with van der Waals surface area (Å²) < 4.78 is 15.7. The van der Waals surface area contributed by atoms with Gasteiger partial charge in [-0.1, -0.05) is 17.7 Å². The zero-order valence-corrected chi connectivity index (χ0v) is 12.9. The molecule has 1 aromatic carbocycles. The number of hydrogen-bond acceptors (Lipinski definition) is 2. The SMILES string of the molecule is CNC(C)c1c(C)nn(Cc2c(F)cccc2Cl)c1C. The number of aryl methyl sites for hydroxylation is 1. The van der Waals surface area contributed by atoms with E-state index in [-0.39, 0.29) is 11.9 Å². The van der Waals surface area contributed by atoms with Crippen LogP contribution in [0.1, 0.15) is 35.5 Å². The summed E-state index contributed by atoms with van der Waals surface area (Å²) in [7, 11) is 1.91. The zero-order chi connectivity index (χ0) is 14.9. The van der Waals surface area contributed by atoms with Crippen LogP contribution in [0.4, 0.5) is 4.39 Å². The van der Waals surface area contributed by atoms with E-state index in [9.17, 15) is 4.39 Å². The Morgan fingerprint density at radius 3 is 2.70 bits per heavy atom.